The Morgan fingerprint density at radius 3 is 2.41 bits per heavy atom. The number of halogens is 1. The number of carbonyl (C=O) groups is 2. The lowest BCUT2D eigenvalue weighted by molar-refractivity contribution is -0.124. The molecule has 0 spiro atoms. The maximum absolute atomic E-state index is 13.8. The zero-order valence-corrected chi connectivity index (χ0v) is 16.0. The van der Waals surface area contributed by atoms with Crippen LogP contribution in [0.15, 0.2) is 47.1 Å². The summed E-state index contributed by atoms with van der Waals surface area (Å²) >= 11 is 0. The van der Waals surface area contributed by atoms with Gasteiger partial charge in [0.2, 0.25) is 5.91 Å². The molecule has 2 rings (SSSR count). The molecule has 7 heteroatoms. The van der Waals surface area contributed by atoms with Crippen LogP contribution in [0.4, 0.5) is 4.39 Å². The molecule has 146 valence electrons. The van der Waals surface area contributed by atoms with Crippen molar-refractivity contribution in [2.75, 3.05) is 20.6 Å². The zero-order chi connectivity index (χ0) is 20.0. The van der Waals surface area contributed by atoms with Crippen molar-refractivity contribution >= 4 is 11.8 Å². The quantitative estimate of drug-likeness (QED) is 0.744. The molecule has 2 amide bonds. The number of carbonyl (C=O) groups excluding carboxylic acids is 2. The lowest BCUT2D eigenvalue weighted by atomic mass is 10.0. The van der Waals surface area contributed by atoms with Gasteiger partial charge in [0.25, 0.3) is 5.91 Å². The third kappa shape index (κ3) is 5.40. The fourth-order valence-electron chi connectivity index (χ4n) is 2.73. The lowest BCUT2D eigenvalue weighted by Crippen LogP contribution is -2.51. The van der Waals surface area contributed by atoms with Crippen molar-refractivity contribution in [3.63, 3.8) is 0 Å². The Bertz CT molecular complexity index is 760. The maximum Gasteiger partial charge on any atom is 0.254 e. The minimum absolute atomic E-state index is 0.0855. The van der Waals surface area contributed by atoms with E-state index in [0.717, 1.165) is 5.76 Å². The van der Waals surface area contributed by atoms with Crippen LogP contribution in [0.5, 0.6) is 0 Å². The van der Waals surface area contributed by atoms with Gasteiger partial charge in [-0.05, 0) is 44.3 Å². The second-order valence-corrected chi connectivity index (χ2v) is 6.91. The molecule has 0 saturated carbocycles. The number of likely N-dealkylation sites (N-methyl/N-ethyl adjacent to an activating group) is 1. The van der Waals surface area contributed by atoms with Crippen molar-refractivity contribution in [3.8, 4) is 0 Å². The van der Waals surface area contributed by atoms with Crippen LogP contribution < -0.4 is 10.6 Å². The zero-order valence-electron chi connectivity index (χ0n) is 16.0. The molecule has 1 aromatic heterocycles. The number of furan rings is 1. The Hall–Kier alpha value is -2.67. The van der Waals surface area contributed by atoms with Crippen LogP contribution in [0.3, 0.4) is 0 Å². The lowest BCUT2D eigenvalue weighted by Gasteiger charge is -2.26. The molecule has 0 saturated heterocycles. The highest BCUT2D eigenvalue weighted by Gasteiger charge is 2.27. The molecule has 0 fully saturated rings. The molecular formula is C20H26FN3O3. The van der Waals surface area contributed by atoms with Crippen molar-refractivity contribution in [2.45, 2.75) is 25.9 Å². The SMILES string of the molecule is CC(C)C(NC(=O)c1ccccc1F)C(=O)NCC(c1ccco1)N(C)C. The fraction of sp³-hybridized carbons (Fsp3) is 0.400. The topological polar surface area (TPSA) is 74.6 Å². The van der Waals surface area contributed by atoms with Gasteiger partial charge in [-0.3, -0.25) is 14.5 Å². The van der Waals surface area contributed by atoms with Crippen molar-refractivity contribution < 1.29 is 18.4 Å². The van der Waals surface area contributed by atoms with Gasteiger partial charge in [0.15, 0.2) is 0 Å². The van der Waals surface area contributed by atoms with E-state index >= 15 is 0 Å². The van der Waals surface area contributed by atoms with Gasteiger partial charge in [0.1, 0.15) is 17.6 Å². The number of benzene rings is 1. The molecule has 0 aliphatic rings. The smallest absolute Gasteiger partial charge is 0.254 e. The minimum Gasteiger partial charge on any atom is -0.468 e. The highest BCUT2D eigenvalue weighted by atomic mass is 19.1. The molecule has 0 radical (unpaired) electrons. The van der Waals surface area contributed by atoms with Gasteiger partial charge in [-0.25, -0.2) is 4.39 Å². The second kappa shape index (κ2) is 9.32. The van der Waals surface area contributed by atoms with Crippen molar-refractivity contribution in [2.24, 2.45) is 5.92 Å². The molecule has 2 unspecified atom stereocenters. The second-order valence-electron chi connectivity index (χ2n) is 6.91. The number of amides is 2. The standard InChI is InChI=1S/C20H26FN3O3/c1-13(2)18(23-19(25)14-8-5-6-9-15(14)21)20(26)22-12-16(24(3)4)17-10-7-11-27-17/h5-11,13,16,18H,12H2,1-4H3,(H,22,26)(H,23,25). The highest BCUT2D eigenvalue weighted by molar-refractivity contribution is 5.97. The van der Waals surface area contributed by atoms with E-state index < -0.39 is 17.8 Å². The first-order valence-corrected chi connectivity index (χ1v) is 8.84. The predicted molar refractivity (Wildman–Crippen MR) is 101 cm³/mol. The summed E-state index contributed by atoms with van der Waals surface area (Å²) in [5, 5.41) is 5.49. The van der Waals surface area contributed by atoms with Crippen LogP contribution in [0.25, 0.3) is 0 Å². The first-order valence-electron chi connectivity index (χ1n) is 8.84. The Kier molecular flexibility index (Phi) is 7.12. The molecule has 1 aromatic carbocycles. The van der Waals surface area contributed by atoms with Crippen LogP contribution in [-0.2, 0) is 4.79 Å². The summed E-state index contributed by atoms with van der Waals surface area (Å²) in [5.74, 6) is -0.993. The molecule has 2 N–H and O–H groups in total. The molecule has 2 atom stereocenters. The maximum atomic E-state index is 13.8. The Balaban J connectivity index is 2.04. The Morgan fingerprint density at radius 1 is 1.15 bits per heavy atom. The average molecular weight is 375 g/mol. The van der Waals surface area contributed by atoms with E-state index in [-0.39, 0.29) is 23.4 Å². The third-order valence-corrected chi connectivity index (χ3v) is 4.32. The van der Waals surface area contributed by atoms with Crippen molar-refractivity contribution in [1.82, 2.24) is 15.5 Å². The Morgan fingerprint density at radius 2 is 1.85 bits per heavy atom. The molecule has 0 aliphatic carbocycles. The van der Waals surface area contributed by atoms with E-state index in [9.17, 15) is 14.0 Å². The van der Waals surface area contributed by atoms with Gasteiger partial charge < -0.3 is 15.1 Å². The van der Waals surface area contributed by atoms with Gasteiger partial charge in [0.05, 0.1) is 17.9 Å². The largest absolute Gasteiger partial charge is 0.468 e. The molecular weight excluding hydrogens is 349 g/mol. The van der Waals surface area contributed by atoms with Gasteiger partial charge >= 0.3 is 0 Å². The van der Waals surface area contributed by atoms with Gasteiger partial charge in [0, 0.05) is 6.54 Å². The highest BCUT2D eigenvalue weighted by Crippen LogP contribution is 2.18. The van der Waals surface area contributed by atoms with Crippen molar-refractivity contribution in [1.29, 1.82) is 0 Å². The average Bonchev–Trinajstić information content (AvgIpc) is 3.13. The summed E-state index contributed by atoms with van der Waals surface area (Å²) in [6, 6.07) is 8.40. The van der Waals surface area contributed by atoms with E-state index in [2.05, 4.69) is 10.6 Å². The van der Waals surface area contributed by atoms with Gasteiger partial charge in [-0.2, -0.15) is 0 Å². The fourth-order valence-corrected chi connectivity index (χ4v) is 2.73. The molecule has 1 heterocycles. The van der Waals surface area contributed by atoms with Crippen LogP contribution in [0, 0.1) is 11.7 Å². The van der Waals surface area contributed by atoms with E-state index in [1.165, 1.54) is 18.2 Å². The summed E-state index contributed by atoms with van der Waals surface area (Å²) in [6.07, 6.45) is 1.58. The van der Waals surface area contributed by atoms with E-state index in [1.807, 2.05) is 38.9 Å². The van der Waals surface area contributed by atoms with Gasteiger partial charge in [-0.15, -0.1) is 0 Å². The van der Waals surface area contributed by atoms with E-state index in [0.29, 0.717) is 6.54 Å². The van der Waals surface area contributed by atoms with Crippen LogP contribution >= 0.6 is 0 Å². The first kappa shape index (κ1) is 20.6. The summed E-state index contributed by atoms with van der Waals surface area (Å²) in [5.41, 5.74) is -0.0855. The van der Waals surface area contributed by atoms with Crippen LogP contribution in [0.1, 0.15) is 36.0 Å². The number of hydrogen-bond acceptors (Lipinski definition) is 4. The number of nitrogens with zero attached hydrogens (tertiary/aromatic N) is 1. The number of nitrogens with one attached hydrogen (secondary N) is 2. The van der Waals surface area contributed by atoms with Crippen LogP contribution in [0.2, 0.25) is 0 Å². The predicted octanol–water partition coefficient (Wildman–Crippen LogP) is 2.59. The molecule has 0 bridgehead atoms. The first-order chi connectivity index (χ1) is 12.8. The van der Waals surface area contributed by atoms with E-state index in [4.69, 9.17) is 4.42 Å². The monoisotopic (exact) mass is 375 g/mol. The summed E-state index contributed by atoms with van der Waals surface area (Å²) in [7, 11) is 3.78. The normalized spacial score (nSPS) is 13.4. The molecule has 27 heavy (non-hydrogen) atoms. The summed E-state index contributed by atoms with van der Waals surface area (Å²) in [4.78, 5) is 27.0. The number of rotatable bonds is 8. The number of hydrogen-bond donors (Lipinski definition) is 2. The molecule has 0 aliphatic heterocycles. The summed E-state index contributed by atoms with van der Waals surface area (Å²) in [6.45, 7) is 3.96. The third-order valence-electron chi connectivity index (χ3n) is 4.32. The van der Waals surface area contributed by atoms with Gasteiger partial charge in [-0.1, -0.05) is 26.0 Å². The minimum atomic E-state index is -0.781. The van der Waals surface area contributed by atoms with E-state index in [1.54, 1.807) is 18.4 Å². The summed E-state index contributed by atoms with van der Waals surface area (Å²) < 4.78 is 19.2. The molecule has 6 nitrogen and oxygen atoms in total. The molecule has 2 aromatic rings. The van der Waals surface area contributed by atoms with Crippen LogP contribution in [-0.4, -0.2) is 43.4 Å². The Labute approximate surface area is 158 Å². The van der Waals surface area contributed by atoms with Crippen molar-refractivity contribution in [3.05, 3.63) is 59.8 Å².